The number of aryl methyl sites for hydroxylation is 1. The molecule has 0 saturated carbocycles. The molecule has 2 heterocycles. The topological polar surface area (TPSA) is 98.5 Å². The van der Waals surface area contributed by atoms with Crippen LogP contribution in [0.1, 0.15) is 43.7 Å². The molecule has 0 spiro atoms. The van der Waals surface area contributed by atoms with Crippen molar-refractivity contribution in [3.8, 4) is 5.75 Å². The monoisotopic (exact) mass is 404 g/mol. The average molecular weight is 404 g/mol. The lowest BCUT2D eigenvalue weighted by molar-refractivity contribution is -0.122. The molecule has 2 aromatic rings. The van der Waals surface area contributed by atoms with Gasteiger partial charge in [0.15, 0.2) is 9.84 Å². The number of fused-ring (bicyclic) bond motifs is 2. The van der Waals surface area contributed by atoms with Crippen molar-refractivity contribution < 1.29 is 22.5 Å². The zero-order chi connectivity index (χ0) is 19.9. The molecule has 8 heteroatoms. The highest BCUT2D eigenvalue weighted by Crippen LogP contribution is 2.36. The van der Waals surface area contributed by atoms with Crippen molar-refractivity contribution in [2.75, 3.05) is 5.75 Å². The van der Waals surface area contributed by atoms with Crippen molar-refractivity contribution in [2.24, 2.45) is 5.41 Å². The van der Waals surface area contributed by atoms with Crippen LogP contribution < -0.4 is 10.1 Å². The molecule has 0 fully saturated rings. The van der Waals surface area contributed by atoms with Gasteiger partial charge >= 0.3 is 0 Å². The van der Waals surface area contributed by atoms with E-state index >= 15 is 0 Å². The number of carbonyl (C=O) groups excluding carboxylic acids is 1. The lowest BCUT2D eigenvalue weighted by Crippen LogP contribution is -2.37. The predicted molar refractivity (Wildman–Crippen MR) is 102 cm³/mol. The molecule has 2 aliphatic rings. The van der Waals surface area contributed by atoms with E-state index in [2.05, 4.69) is 24.3 Å². The van der Waals surface area contributed by atoms with Crippen molar-refractivity contribution in [1.82, 2.24) is 10.5 Å². The molecule has 7 nitrogen and oxygen atoms in total. The summed E-state index contributed by atoms with van der Waals surface area (Å²) in [5.74, 6) is 0.734. The van der Waals surface area contributed by atoms with Gasteiger partial charge in [0.2, 0.25) is 5.91 Å². The summed E-state index contributed by atoms with van der Waals surface area (Å²) >= 11 is 0. The lowest BCUT2D eigenvalue weighted by atomic mass is 9.76. The number of aromatic nitrogens is 1. The largest absolute Gasteiger partial charge is 0.487 e. The number of carbonyl (C=O) groups is 1. The Labute approximate surface area is 164 Å². The van der Waals surface area contributed by atoms with Crippen LogP contribution in [-0.4, -0.2) is 31.3 Å². The van der Waals surface area contributed by atoms with Crippen molar-refractivity contribution in [3.63, 3.8) is 0 Å². The third-order valence-corrected chi connectivity index (χ3v) is 7.20. The SMILES string of the molecule is CC1(C)CCc2onc(CNC(=O)C[C@H]3CS(=O)(=O)c4ccccc4O3)c2C1. The van der Waals surface area contributed by atoms with Gasteiger partial charge in [0.05, 0.1) is 18.7 Å². The molecule has 28 heavy (non-hydrogen) atoms. The van der Waals surface area contributed by atoms with Crippen LogP contribution in [0.15, 0.2) is 33.7 Å². The van der Waals surface area contributed by atoms with E-state index in [1.807, 2.05) is 0 Å². The highest BCUT2D eigenvalue weighted by Gasteiger charge is 2.33. The van der Waals surface area contributed by atoms with Gasteiger partial charge in [-0.3, -0.25) is 4.79 Å². The maximum Gasteiger partial charge on any atom is 0.224 e. The normalized spacial score (nSPS) is 21.9. The number of nitrogens with one attached hydrogen (secondary N) is 1. The van der Waals surface area contributed by atoms with E-state index in [1.165, 1.54) is 6.07 Å². The smallest absolute Gasteiger partial charge is 0.224 e. The number of sulfone groups is 1. The molecule has 150 valence electrons. The number of benzene rings is 1. The number of para-hydroxylation sites is 1. The molecule has 1 aliphatic carbocycles. The molecular weight excluding hydrogens is 380 g/mol. The Kier molecular flexibility index (Phi) is 4.69. The molecule has 4 rings (SSSR count). The first-order valence-corrected chi connectivity index (χ1v) is 11.1. The molecule has 0 bridgehead atoms. The van der Waals surface area contributed by atoms with Crippen LogP contribution in [-0.2, 0) is 34.0 Å². The van der Waals surface area contributed by atoms with Gasteiger partial charge in [-0.2, -0.15) is 0 Å². The Hall–Kier alpha value is -2.35. The highest BCUT2D eigenvalue weighted by molar-refractivity contribution is 7.91. The van der Waals surface area contributed by atoms with Gasteiger partial charge in [0.25, 0.3) is 0 Å². The molecule has 1 aromatic carbocycles. The number of hydrogen-bond donors (Lipinski definition) is 1. The fourth-order valence-corrected chi connectivity index (χ4v) is 5.41. The van der Waals surface area contributed by atoms with E-state index in [0.717, 1.165) is 36.3 Å². The summed E-state index contributed by atoms with van der Waals surface area (Å²) in [6, 6.07) is 6.51. The van der Waals surface area contributed by atoms with Crippen molar-refractivity contribution in [2.45, 2.75) is 57.1 Å². The van der Waals surface area contributed by atoms with Crippen LogP contribution in [0, 0.1) is 5.41 Å². The third kappa shape index (κ3) is 3.78. The number of rotatable bonds is 4. The van der Waals surface area contributed by atoms with Crippen molar-refractivity contribution in [3.05, 3.63) is 41.3 Å². The first-order chi connectivity index (χ1) is 13.2. The van der Waals surface area contributed by atoms with E-state index in [-0.39, 0.29) is 34.9 Å². The van der Waals surface area contributed by atoms with Crippen LogP contribution in [0.5, 0.6) is 5.75 Å². The summed E-state index contributed by atoms with van der Waals surface area (Å²) in [6.07, 6.45) is 2.05. The van der Waals surface area contributed by atoms with Crippen LogP contribution in [0.3, 0.4) is 0 Å². The number of ether oxygens (including phenoxy) is 1. The minimum atomic E-state index is -3.45. The first kappa shape index (κ1) is 19.0. The molecule has 1 atom stereocenters. The second-order valence-corrected chi connectivity index (χ2v) is 10.3. The maximum absolute atomic E-state index is 12.4. The van der Waals surface area contributed by atoms with Gasteiger partial charge in [0.1, 0.15) is 28.2 Å². The fourth-order valence-electron chi connectivity index (χ4n) is 3.85. The van der Waals surface area contributed by atoms with Crippen LogP contribution in [0.4, 0.5) is 0 Å². The molecule has 1 N–H and O–H groups in total. The number of nitrogens with zero attached hydrogens (tertiary/aromatic N) is 1. The first-order valence-electron chi connectivity index (χ1n) is 9.45. The van der Waals surface area contributed by atoms with E-state index in [0.29, 0.717) is 5.75 Å². The molecule has 0 radical (unpaired) electrons. The highest BCUT2D eigenvalue weighted by atomic mass is 32.2. The van der Waals surface area contributed by atoms with Crippen molar-refractivity contribution in [1.29, 1.82) is 0 Å². The lowest BCUT2D eigenvalue weighted by Gasteiger charge is -2.28. The Morgan fingerprint density at radius 3 is 2.93 bits per heavy atom. The van der Waals surface area contributed by atoms with Crippen molar-refractivity contribution >= 4 is 15.7 Å². The maximum atomic E-state index is 12.4. The van der Waals surface area contributed by atoms with E-state index in [9.17, 15) is 13.2 Å². The quantitative estimate of drug-likeness (QED) is 0.840. The van der Waals surface area contributed by atoms with Gasteiger partial charge < -0.3 is 14.6 Å². The summed E-state index contributed by atoms with van der Waals surface area (Å²) in [5.41, 5.74) is 2.02. The summed E-state index contributed by atoms with van der Waals surface area (Å²) < 4.78 is 35.9. The second kappa shape index (κ2) is 6.92. The Balaban J connectivity index is 1.38. The Morgan fingerprint density at radius 2 is 2.11 bits per heavy atom. The molecule has 1 amide bonds. The van der Waals surface area contributed by atoms with Crippen LogP contribution in [0.25, 0.3) is 0 Å². The molecule has 1 aromatic heterocycles. The summed E-state index contributed by atoms with van der Waals surface area (Å²) in [7, 11) is -3.45. The van der Waals surface area contributed by atoms with Gasteiger partial charge in [-0.1, -0.05) is 31.1 Å². The molecule has 0 unspecified atom stereocenters. The zero-order valence-corrected chi connectivity index (χ0v) is 16.8. The average Bonchev–Trinajstić information content (AvgIpc) is 3.00. The van der Waals surface area contributed by atoms with Gasteiger partial charge in [-0.15, -0.1) is 0 Å². The Bertz CT molecular complexity index is 1010. The predicted octanol–water partition coefficient (Wildman–Crippen LogP) is 2.43. The Morgan fingerprint density at radius 1 is 1.32 bits per heavy atom. The number of hydrogen-bond acceptors (Lipinski definition) is 6. The fraction of sp³-hybridized carbons (Fsp3) is 0.500. The van der Waals surface area contributed by atoms with E-state index < -0.39 is 15.9 Å². The third-order valence-electron chi connectivity index (χ3n) is 5.38. The standard InChI is InChI=1S/C20H24N2O5S/c1-20(2)8-7-16-14(10-20)15(22-27-16)11-21-19(23)9-13-12-28(24,25)18-6-4-3-5-17(18)26-13/h3-6,13H,7-12H2,1-2H3,(H,21,23)/t13-/m0/s1. The van der Waals surface area contributed by atoms with Gasteiger partial charge in [0, 0.05) is 12.0 Å². The van der Waals surface area contributed by atoms with Gasteiger partial charge in [-0.25, -0.2) is 8.42 Å². The summed E-state index contributed by atoms with van der Waals surface area (Å²) in [4.78, 5) is 12.6. The second-order valence-electron chi connectivity index (χ2n) is 8.32. The van der Waals surface area contributed by atoms with Crippen LogP contribution >= 0.6 is 0 Å². The summed E-state index contributed by atoms with van der Waals surface area (Å²) in [5, 5.41) is 6.94. The number of amides is 1. The minimum absolute atomic E-state index is 0.0287. The molecule has 0 saturated heterocycles. The summed E-state index contributed by atoms with van der Waals surface area (Å²) in [6.45, 7) is 4.69. The zero-order valence-electron chi connectivity index (χ0n) is 16.0. The van der Waals surface area contributed by atoms with E-state index in [4.69, 9.17) is 9.26 Å². The van der Waals surface area contributed by atoms with E-state index in [1.54, 1.807) is 18.2 Å². The van der Waals surface area contributed by atoms with Gasteiger partial charge in [-0.05, 0) is 30.4 Å². The molecule has 1 aliphatic heterocycles. The minimum Gasteiger partial charge on any atom is -0.487 e. The van der Waals surface area contributed by atoms with Crippen LogP contribution in [0.2, 0.25) is 0 Å². The molecular formula is C20H24N2O5S.